The third kappa shape index (κ3) is 4.02. The lowest BCUT2D eigenvalue weighted by atomic mass is 10.0. The Hall–Kier alpha value is -0.520. The lowest BCUT2D eigenvalue weighted by Crippen LogP contribution is -2.46. The van der Waals surface area contributed by atoms with Gasteiger partial charge in [-0.1, -0.05) is 23.2 Å². The molecular weight excluding hydrogens is 311 g/mol. The summed E-state index contributed by atoms with van der Waals surface area (Å²) in [6.07, 6.45) is 0. The number of benzene rings is 1. The van der Waals surface area contributed by atoms with E-state index < -0.39 is 0 Å². The van der Waals surface area contributed by atoms with E-state index in [0.717, 1.165) is 31.7 Å². The van der Waals surface area contributed by atoms with Gasteiger partial charge in [-0.05, 0) is 31.7 Å². The number of ether oxygens (including phenoxy) is 1. The van der Waals surface area contributed by atoms with Crippen molar-refractivity contribution >= 4 is 23.2 Å². The van der Waals surface area contributed by atoms with Gasteiger partial charge < -0.3 is 14.7 Å². The average Bonchev–Trinajstić information content (AvgIpc) is 2.46. The number of piperazine rings is 1. The van der Waals surface area contributed by atoms with Crippen molar-refractivity contribution in [2.75, 3.05) is 46.4 Å². The van der Waals surface area contributed by atoms with Crippen molar-refractivity contribution in [3.05, 3.63) is 27.7 Å². The number of nitrogens with zero attached hydrogens (tertiary/aromatic N) is 2. The van der Waals surface area contributed by atoms with Gasteiger partial charge >= 0.3 is 0 Å². The molecule has 6 heteroatoms. The Balaban J connectivity index is 2.22. The van der Waals surface area contributed by atoms with Crippen LogP contribution in [0.5, 0.6) is 5.75 Å². The minimum atomic E-state index is -0.0793. The Bertz CT molecular complexity index is 454. The van der Waals surface area contributed by atoms with Crippen LogP contribution in [0.15, 0.2) is 12.1 Å². The molecule has 1 fully saturated rings. The molecule has 1 N–H and O–H groups in total. The largest absolute Gasteiger partial charge is 0.491 e. The Labute approximate surface area is 136 Å². The minimum Gasteiger partial charge on any atom is -0.491 e. The molecule has 0 bridgehead atoms. The summed E-state index contributed by atoms with van der Waals surface area (Å²) < 4.78 is 5.45. The van der Waals surface area contributed by atoms with Gasteiger partial charge in [0.05, 0.1) is 29.3 Å². The van der Waals surface area contributed by atoms with Crippen LogP contribution in [0, 0.1) is 0 Å². The maximum absolute atomic E-state index is 9.78. The van der Waals surface area contributed by atoms with Crippen molar-refractivity contribution in [2.24, 2.45) is 0 Å². The van der Waals surface area contributed by atoms with E-state index in [2.05, 4.69) is 16.8 Å². The monoisotopic (exact) mass is 332 g/mol. The predicted octanol–water partition coefficient (Wildman–Crippen LogP) is 2.67. The molecule has 1 heterocycles. The summed E-state index contributed by atoms with van der Waals surface area (Å²) in [5.41, 5.74) is 0.931. The topological polar surface area (TPSA) is 35.9 Å². The second-order valence-corrected chi connectivity index (χ2v) is 6.10. The fraction of sp³-hybridized carbons (Fsp3) is 0.600. The zero-order chi connectivity index (χ0) is 15.4. The summed E-state index contributed by atoms with van der Waals surface area (Å²) in [5.74, 6) is 0.514. The molecule has 1 aliphatic heterocycles. The van der Waals surface area contributed by atoms with Gasteiger partial charge in [0.25, 0.3) is 0 Å². The maximum atomic E-state index is 9.78. The van der Waals surface area contributed by atoms with Crippen LogP contribution in [-0.4, -0.2) is 61.3 Å². The van der Waals surface area contributed by atoms with Crippen LogP contribution in [0.2, 0.25) is 10.0 Å². The van der Waals surface area contributed by atoms with Crippen LogP contribution in [0.1, 0.15) is 18.5 Å². The van der Waals surface area contributed by atoms with E-state index in [1.54, 1.807) is 0 Å². The van der Waals surface area contributed by atoms with Crippen molar-refractivity contribution in [3.63, 3.8) is 0 Å². The summed E-state index contributed by atoms with van der Waals surface area (Å²) in [4.78, 5) is 4.55. The first-order valence-electron chi connectivity index (χ1n) is 7.22. The molecule has 0 spiro atoms. The van der Waals surface area contributed by atoms with Gasteiger partial charge in [0.2, 0.25) is 0 Å². The molecule has 4 nitrogen and oxygen atoms in total. The maximum Gasteiger partial charge on any atom is 0.156 e. The molecule has 0 aliphatic carbocycles. The average molecular weight is 333 g/mol. The van der Waals surface area contributed by atoms with Gasteiger partial charge in [0, 0.05) is 26.2 Å². The molecule has 1 atom stereocenters. The zero-order valence-electron chi connectivity index (χ0n) is 12.5. The Kier molecular flexibility index (Phi) is 6.14. The molecule has 1 saturated heterocycles. The predicted molar refractivity (Wildman–Crippen MR) is 86.5 cm³/mol. The number of rotatable bonds is 5. The standard InChI is InChI=1S/C15H22Cl2N2O2/c1-3-21-15-12(16)8-11(9-13(15)17)14(10-20)19-6-4-18(2)5-7-19/h8-9,14,20H,3-7,10H2,1-2H3. The molecule has 0 aromatic heterocycles. The highest BCUT2D eigenvalue weighted by Gasteiger charge is 2.24. The lowest BCUT2D eigenvalue weighted by Gasteiger charge is -2.37. The normalized spacial score (nSPS) is 18.7. The van der Waals surface area contributed by atoms with E-state index in [1.165, 1.54) is 0 Å². The van der Waals surface area contributed by atoms with Gasteiger partial charge in [0.1, 0.15) is 0 Å². The molecule has 1 aromatic carbocycles. The molecule has 1 aromatic rings. The lowest BCUT2D eigenvalue weighted by molar-refractivity contribution is 0.0748. The van der Waals surface area contributed by atoms with E-state index in [4.69, 9.17) is 27.9 Å². The fourth-order valence-corrected chi connectivity index (χ4v) is 3.23. The van der Waals surface area contributed by atoms with Crippen LogP contribution in [0.4, 0.5) is 0 Å². The summed E-state index contributed by atoms with van der Waals surface area (Å²) in [6.45, 7) is 6.28. The first-order chi connectivity index (χ1) is 10.1. The smallest absolute Gasteiger partial charge is 0.156 e. The molecule has 2 rings (SSSR count). The van der Waals surface area contributed by atoms with Crippen molar-refractivity contribution in [1.82, 2.24) is 9.80 Å². The van der Waals surface area contributed by atoms with Crippen molar-refractivity contribution in [2.45, 2.75) is 13.0 Å². The van der Waals surface area contributed by atoms with Gasteiger partial charge in [-0.3, -0.25) is 4.90 Å². The number of aliphatic hydroxyl groups excluding tert-OH is 1. The van der Waals surface area contributed by atoms with Crippen molar-refractivity contribution in [1.29, 1.82) is 0 Å². The van der Waals surface area contributed by atoms with Crippen molar-refractivity contribution < 1.29 is 9.84 Å². The van der Waals surface area contributed by atoms with E-state index in [9.17, 15) is 5.11 Å². The number of likely N-dealkylation sites (N-methyl/N-ethyl adjacent to an activating group) is 1. The van der Waals surface area contributed by atoms with Gasteiger partial charge in [-0.25, -0.2) is 0 Å². The zero-order valence-corrected chi connectivity index (χ0v) is 14.0. The fourth-order valence-electron chi connectivity index (χ4n) is 2.62. The van der Waals surface area contributed by atoms with E-state index in [0.29, 0.717) is 22.4 Å². The van der Waals surface area contributed by atoms with Crippen LogP contribution in [-0.2, 0) is 0 Å². The van der Waals surface area contributed by atoms with E-state index in [-0.39, 0.29) is 12.6 Å². The second kappa shape index (κ2) is 7.65. The highest BCUT2D eigenvalue weighted by atomic mass is 35.5. The van der Waals surface area contributed by atoms with Crippen LogP contribution < -0.4 is 4.74 Å². The third-order valence-electron chi connectivity index (χ3n) is 3.85. The SMILES string of the molecule is CCOc1c(Cl)cc(C(CO)N2CCN(C)CC2)cc1Cl. The highest BCUT2D eigenvalue weighted by molar-refractivity contribution is 6.37. The number of aliphatic hydroxyl groups is 1. The minimum absolute atomic E-state index is 0.0460. The summed E-state index contributed by atoms with van der Waals surface area (Å²) in [6, 6.07) is 3.61. The number of hydrogen-bond acceptors (Lipinski definition) is 4. The molecule has 0 amide bonds. The molecular formula is C15H22Cl2N2O2. The Morgan fingerprint density at radius 3 is 2.24 bits per heavy atom. The quantitative estimate of drug-likeness (QED) is 0.899. The number of hydrogen-bond donors (Lipinski definition) is 1. The summed E-state index contributed by atoms with van der Waals surface area (Å²) in [5, 5.41) is 10.8. The second-order valence-electron chi connectivity index (χ2n) is 5.28. The van der Waals surface area contributed by atoms with Gasteiger partial charge in [-0.2, -0.15) is 0 Å². The van der Waals surface area contributed by atoms with Crippen LogP contribution in [0.25, 0.3) is 0 Å². The Morgan fingerprint density at radius 1 is 1.19 bits per heavy atom. The molecule has 21 heavy (non-hydrogen) atoms. The first-order valence-corrected chi connectivity index (χ1v) is 7.97. The van der Waals surface area contributed by atoms with Crippen molar-refractivity contribution in [3.8, 4) is 5.75 Å². The first kappa shape index (κ1) is 16.8. The van der Waals surface area contributed by atoms with E-state index in [1.807, 2.05) is 19.1 Å². The number of halogens is 2. The molecule has 1 unspecified atom stereocenters. The highest BCUT2D eigenvalue weighted by Crippen LogP contribution is 2.37. The van der Waals surface area contributed by atoms with Crippen LogP contribution in [0.3, 0.4) is 0 Å². The summed E-state index contributed by atoms with van der Waals surface area (Å²) in [7, 11) is 2.11. The van der Waals surface area contributed by atoms with E-state index >= 15 is 0 Å². The van der Waals surface area contributed by atoms with Crippen LogP contribution >= 0.6 is 23.2 Å². The molecule has 1 aliphatic rings. The molecule has 0 saturated carbocycles. The Morgan fingerprint density at radius 2 is 1.76 bits per heavy atom. The molecule has 0 radical (unpaired) electrons. The summed E-state index contributed by atoms with van der Waals surface area (Å²) >= 11 is 12.5. The third-order valence-corrected chi connectivity index (χ3v) is 4.41. The molecule has 118 valence electrons. The van der Waals surface area contributed by atoms with Gasteiger partial charge in [0.15, 0.2) is 5.75 Å². The van der Waals surface area contributed by atoms with Gasteiger partial charge in [-0.15, -0.1) is 0 Å².